The SMILES string of the molecule is NC(=O)/C(=C\c1c[nH]c2ncccc12)c1ccc(Oc2ccccc2)cc1. The third-order valence-electron chi connectivity index (χ3n) is 4.19. The predicted octanol–water partition coefficient (Wildman–Crippen LogP) is 4.38. The molecular formula is C22H17N3O2. The van der Waals surface area contributed by atoms with E-state index in [2.05, 4.69) is 9.97 Å². The zero-order chi connectivity index (χ0) is 18.6. The molecule has 5 heteroatoms. The molecule has 2 heterocycles. The Hall–Kier alpha value is -3.86. The van der Waals surface area contributed by atoms with Crippen molar-refractivity contribution in [3.63, 3.8) is 0 Å². The molecule has 27 heavy (non-hydrogen) atoms. The maximum atomic E-state index is 12.0. The van der Waals surface area contributed by atoms with Crippen LogP contribution in [0, 0.1) is 0 Å². The number of nitrogens with two attached hydrogens (primary N) is 1. The van der Waals surface area contributed by atoms with Gasteiger partial charge in [-0.1, -0.05) is 30.3 Å². The second kappa shape index (κ2) is 7.17. The number of aromatic amines is 1. The van der Waals surface area contributed by atoms with Crippen LogP contribution in [0.1, 0.15) is 11.1 Å². The summed E-state index contributed by atoms with van der Waals surface area (Å²) in [5.41, 5.74) is 8.39. The minimum atomic E-state index is -0.495. The molecule has 5 nitrogen and oxygen atoms in total. The first kappa shape index (κ1) is 16.6. The Morgan fingerprint density at radius 3 is 2.44 bits per heavy atom. The topological polar surface area (TPSA) is 81.0 Å². The summed E-state index contributed by atoms with van der Waals surface area (Å²) in [7, 11) is 0. The molecule has 0 unspecified atom stereocenters. The Kier molecular flexibility index (Phi) is 4.41. The summed E-state index contributed by atoms with van der Waals surface area (Å²) in [5, 5.41) is 0.931. The number of amides is 1. The van der Waals surface area contributed by atoms with Crippen molar-refractivity contribution in [1.29, 1.82) is 0 Å². The van der Waals surface area contributed by atoms with Crippen LogP contribution in [0.5, 0.6) is 11.5 Å². The molecular weight excluding hydrogens is 338 g/mol. The third kappa shape index (κ3) is 3.57. The summed E-state index contributed by atoms with van der Waals surface area (Å²) in [5.74, 6) is 0.942. The van der Waals surface area contributed by atoms with Gasteiger partial charge in [0.05, 0.1) is 0 Å². The molecule has 0 aliphatic carbocycles. The molecule has 0 spiro atoms. The van der Waals surface area contributed by atoms with Crippen LogP contribution in [-0.2, 0) is 4.79 Å². The maximum absolute atomic E-state index is 12.0. The van der Waals surface area contributed by atoms with E-state index in [4.69, 9.17) is 10.5 Å². The van der Waals surface area contributed by atoms with E-state index in [0.717, 1.165) is 27.9 Å². The number of carbonyl (C=O) groups excluding carboxylic acids is 1. The molecule has 0 saturated heterocycles. The summed E-state index contributed by atoms with van der Waals surface area (Å²) in [6.07, 6.45) is 5.30. The van der Waals surface area contributed by atoms with Gasteiger partial charge in [0.25, 0.3) is 0 Å². The Labute approximate surface area is 156 Å². The number of nitrogens with zero attached hydrogens (tertiary/aromatic N) is 1. The van der Waals surface area contributed by atoms with Gasteiger partial charge >= 0.3 is 0 Å². The zero-order valence-corrected chi connectivity index (χ0v) is 14.4. The van der Waals surface area contributed by atoms with Gasteiger partial charge in [-0.2, -0.15) is 0 Å². The van der Waals surface area contributed by atoms with Crippen LogP contribution in [-0.4, -0.2) is 15.9 Å². The van der Waals surface area contributed by atoms with Crippen LogP contribution in [0.15, 0.2) is 79.1 Å². The second-order valence-corrected chi connectivity index (χ2v) is 6.01. The van der Waals surface area contributed by atoms with Crippen LogP contribution >= 0.6 is 0 Å². The van der Waals surface area contributed by atoms with E-state index in [1.54, 1.807) is 12.3 Å². The van der Waals surface area contributed by atoms with E-state index in [-0.39, 0.29) is 0 Å². The Morgan fingerprint density at radius 1 is 0.963 bits per heavy atom. The van der Waals surface area contributed by atoms with E-state index in [9.17, 15) is 4.79 Å². The molecule has 132 valence electrons. The third-order valence-corrected chi connectivity index (χ3v) is 4.19. The number of hydrogen-bond acceptors (Lipinski definition) is 3. The Morgan fingerprint density at radius 2 is 1.70 bits per heavy atom. The number of hydrogen-bond donors (Lipinski definition) is 2. The first-order chi connectivity index (χ1) is 13.2. The van der Waals surface area contributed by atoms with Gasteiger partial charge < -0.3 is 15.5 Å². The highest BCUT2D eigenvalue weighted by atomic mass is 16.5. The van der Waals surface area contributed by atoms with Crippen LogP contribution in [0.25, 0.3) is 22.7 Å². The normalized spacial score (nSPS) is 11.5. The lowest BCUT2D eigenvalue weighted by Crippen LogP contribution is -2.12. The number of H-pyrrole nitrogens is 1. The minimum Gasteiger partial charge on any atom is -0.457 e. The van der Waals surface area contributed by atoms with Gasteiger partial charge in [0.1, 0.15) is 17.1 Å². The van der Waals surface area contributed by atoms with Gasteiger partial charge in [0, 0.05) is 28.9 Å². The van der Waals surface area contributed by atoms with E-state index in [1.165, 1.54) is 0 Å². The highest BCUT2D eigenvalue weighted by Gasteiger charge is 2.11. The molecule has 0 aliphatic heterocycles. The molecule has 1 amide bonds. The van der Waals surface area contributed by atoms with Crippen LogP contribution in [0.4, 0.5) is 0 Å². The summed E-state index contributed by atoms with van der Waals surface area (Å²) >= 11 is 0. The zero-order valence-electron chi connectivity index (χ0n) is 14.4. The van der Waals surface area contributed by atoms with Crippen molar-refractivity contribution < 1.29 is 9.53 Å². The van der Waals surface area contributed by atoms with Crippen molar-refractivity contribution in [2.45, 2.75) is 0 Å². The number of rotatable bonds is 5. The van der Waals surface area contributed by atoms with Gasteiger partial charge in [-0.15, -0.1) is 0 Å². The van der Waals surface area contributed by atoms with Gasteiger partial charge in [-0.05, 0) is 48.0 Å². The van der Waals surface area contributed by atoms with Crippen LogP contribution in [0.2, 0.25) is 0 Å². The smallest absolute Gasteiger partial charge is 0.249 e. The van der Waals surface area contributed by atoms with Gasteiger partial charge in [-0.3, -0.25) is 4.79 Å². The van der Waals surface area contributed by atoms with Gasteiger partial charge in [0.2, 0.25) is 5.91 Å². The number of benzene rings is 2. The molecule has 0 aliphatic rings. The summed E-state index contributed by atoms with van der Waals surface area (Å²) < 4.78 is 5.79. The standard InChI is InChI=1S/C22H17N3O2/c23-21(26)20(13-16-14-25-22-19(16)7-4-12-24-22)15-8-10-18(11-9-15)27-17-5-2-1-3-6-17/h1-14H,(H2,23,26)(H,24,25)/b20-13-. The molecule has 2 aromatic carbocycles. The predicted molar refractivity (Wildman–Crippen MR) is 106 cm³/mol. The molecule has 4 rings (SSSR count). The average molecular weight is 355 g/mol. The summed E-state index contributed by atoms with van der Waals surface area (Å²) in [4.78, 5) is 19.4. The highest BCUT2D eigenvalue weighted by Crippen LogP contribution is 2.26. The van der Waals surface area contributed by atoms with Crippen molar-refractivity contribution in [2.75, 3.05) is 0 Å². The van der Waals surface area contributed by atoms with Crippen molar-refractivity contribution in [1.82, 2.24) is 9.97 Å². The summed E-state index contributed by atoms with van der Waals surface area (Å²) in [6, 6.07) is 20.6. The lowest BCUT2D eigenvalue weighted by atomic mass is 10.0. The Balaban J connectivity index is 1.65. The first-order valence-corrected chi connectivity index (χ1v) is 8.47. The number of nitrogens with one attached hydrogen (secondary N) is 1. The fourth-order valence-corrected chi connectivity index (χ4v) is 2.88. The fourth-order valence-electron chi connectivity index (χ4n) is 2.88. The molecule has 4 aromatic rings. The van der Waals surface area contributed by atoms with Crippen molar-refractivity contribution in [3.05, 3.63) is 90.3 Å². The second-order valence-electron chi connectivity index (χ2n) is 6.01. The number of primary amides is 1. The monoisotopic (exact) mass is 355 g/mol. The molecule has 2 aromatic heterocycles. The minimum absolute atomic E-state index is 0.422. The van der Waals surface area contributed by atoms with Crippen molar-refractivity contribution >= 4 is 28.6 Å². The number of fused-ring (bicyclic) bond motifs is 1. The number of aromatic nitrogens is 2. The maximum Gasteiger partial charge on any atom is 0.249 e. The number of carbonyl (C=O) groups is 1. The number of para-hydroxylation sites is 1. The van der Waals surface area contributed by atoms with E-state index >= 15 is 0 Å². The van der Waals surface area contributed by atoms with Crippen molar-refractivity contribution in [3.8, 4) is 11.5 Å². The number of pyridine rings is 1. The van der Waals surface area contributed by atoms with Gasteiger partial charge in [-0.25, -0.2) is 4.98 Å². The highest BCUT2D eigenvalue weighted by molar-refractivity contribution is 6.24. The molecule has 0 radical (unpaired) electrons. The lowest BCUT2D eigenvalue weighted by Gasteiger charge is -2.08. The average Bonchev–Trinajstić information content (AvgIpc) is 3.10. The fraction of sp³-hybridized carbons (Fsp3) is 0. The van der Waals surface area contributed by atoms with Crippen LogP contribution < -0.4 is 10.5 Å². The van der Waals surface area contributed by atoms with E-state index in [0.29, 0.717) is 11.3 Å². The lowest BCUT2D eigenvalue weighted by molar-refractivity contribution is -0.112. The molecule has 0 bridgehead atoms. The van der Waals surface area contributed by atoms with Crippen LogP contribution in [0.3, 0.4) is 0 Å². The largest absolute Gasteiger partial charge is 0.457 e. The molecule has 3 N–H and O–H groups in total. The molecule has 0 saturated carbocycles. The summed E-state index contributed by atoms with van der Waals surface area (Å²) in [6.45, 7) is 0. The molecule has 0 atom stereocenters. The Bertz CT molecular complexity index is 1110. The van der Waals surface area contributed by atoms with E-state index in [1.807, 2.05) is 72.9 Å². The quantitative estimate of drug-likeness (QED) is 0.521. The van der Waals surface area contributed by atoms with Gasteiger partial charge in [0.15, 0.2) is 0 Å². The van der Waals surface area contributed by atoms with Crippen molar-refractivity contribution in [2.24, 2.45) is 5.73 Å². The van der Waals surface area contributed by atoms with E-state index < -0.39 is 5.91 Å². The first-order valence-electron chi connectivity index (χ1n) is 8.47. The molecule has 0 fully saturated rings. The number of ether oxygens (including phenoxy) is 1.